The van der Waals surface area contributed by atoms with Gasteiger partial charge in [-0.05, 0) is 35.0 Å². The van der Waals surface area contributed by atoms with Crippen LogP contribution in [-0.2, 0) is 0 Å². The van der Waals surface area contributed by atoms with Crippen LogP contribution >= 0.6 is 67.3 Å². The van der Waals surface area contributed by atoms with Crippen LogP contribution in [0.15, 0.2) is 69.8 Å². The maximum Gasteiger partial charge on any atom is 0.474 e. The van der Waals surface area contributed by atoms with Crippen molar-refractivity contribution in [3.63, 3.8) is 0 Å². The Balaban J connectivity index is 0.000000330. The van der Waals surface area contributed by atoms with Crippen molar-refractivity contribution >= 4 is 78.6 Å². The van der Waals surface area contributed by atoms with Gasteiger partial charge in [0.1, 0.15) is 5.56 Å². The molecule has 0 saturated heterocycles. The van der Waals surface area contributed by atoms with E-state index in [2.05, 4.69) is 9.97 Å². The van der Waals surface area contributed by atoms with Crippen molar-refractivity contribution in [1.82, 2.24) is 9.97 Å². The van der Waals surface area contributed by atoms with Crippen LogP contribution in [-0.4, -0.2) is 21.3 Å². The number of hydrogen-bond acceptors (Lipinski definition) is 4. The first-order chi connectivity index (χ1) is 13.1. The molecule has 146 valence electrons. The third-order valence-electron chi connectivity index (χ3n) is 3.10. The molecule has 0 fully saturated rings. The topological polar surface area (TPSA) is 37.1 Å². The summed E-state index contributed by atoms with van der Waals surface area (Å²) in [7, 11) is 25.3. The van der Waals surface area contributed by atoms with E-state index in [0.29, 0.717) is 17.6 Å². The van der Waals surface area contributed by atoms with Gasteiger partial charge in [0.2, 0.25) is 0 Å². The second-order valence-corrected chi connectivity index (χ2v) is 49.6. The second kappa shape index (κ2) is 9.35. The van der Waals surface area contributed by atoms with Gasteiger partial charge in [-0.25, -0.2) is 0 Å². The number of rotatable bonds is 3. The SMILES string of the molecule is [Cl][Sn-]([Cl])([Cl])([Cl])[Cl].c1ccc(-c2nc(-c3cccs3)nc(-c3cccs3)[o+]2)cc1. The van der Waals surface area contributed by atoms with E-state index < -0.39 is 11.4 Å². The molecule has 0 radical (unpaired) electrons. The minimum Gasteiger partial charge on any atom is -0.165 e. The molecule has 3 heterocycles. The van der Waals surface area contributed by atoms with Gasteiger partial charge in [0, 0.05) is 0 Å². The number of hydrogen-bond donors (Lipinski definition) is 0. The largest absolute Gasteiger partial charge is 0.474 e. The van der Waals surface area contributed by atoms with Crippen LogP contribution in [0.3, 0.4) is 0 Å². The Morgan fingerprint density at radius 2 is 1.21 bits per heavy atom. The van der Waals surface area contributed by atoms with Crippen LogP contribution in [0.4, 0.5) is 0 Å². The van der Waals surface area contributed by atoms with Crippen LogP contribution in [0.5, 0.6) is 0 Å². The molecule has 0 aliphatic carbocycles. The summed E-state index contributed by atoms with van der Waals surface area (Å²) in [5.74, 6) is 1.89. The van der Waals surface area contributed by atoms with Crippen LogP contribution in [0, 0.1) is 0 Å². The van der Waals surface area contributed by atoms with Gasteiger partial charge in [0.15, 0.2) is 10.7 Å². The molecule has 1 aromatic carbocycles. The number of thiophene rings is 2. The summed E-state index contributed by atoms with van der Waals surface area (Å²) in [6, 6.07) is 17.9. The Bertz CT molecular complexity index is 967. The molecule has 28 heavy (non-hydrogen) atoms. The van der Waals surface area contributed by atoms with Gasteiger partial charge in [-0.1, -0.05) is 30.3 Å². The fraction of sp³-hybridized carbons (Fsp3) is 0. The zero-order valence-electron chi connectivity index (χ0n) is 13.9. The Morgan fingerprint density at radius 1 is 0.679 bits per heavy atom. The van der Waals surface area contributed by atoms with E-state index >= 15 is 0 Å². The van der Waals surface area contributed by atoms with E-state index in [4.69, 9.17) is 49.0 Å². The summed E-state index contributed by atoms with van der Waals surface area (Å²) in [6.45, 7) is 0. The van der Waals surface area contributed by atoms with Gasteiger partial charge >= 0.3 is 67.7 Å². The first kappa shape index (κ1) is 22.6. The van der Waals surface area contributed by atoms with Gasteiger partial charge in [0.25, 0.3) is 0 Å². The second-order valence-electron chi connectivity index (χ2n) is 5.29. The average Bonchev–Trinajstić information content (AvgIpc) is 3.34. The van der Waals surface area contributed by atoms with Gasteiger partial charge < -0.3 is 0 Å². The maximum atomic E-state index is 5.94. The van der Waals surface area contributed by atoms with Crippen LogP contribution in [0.1, 0.15) is 0 Å². The smallest absolute Gasteiger partial charge is 0.165 e. The Labute approximate surface area is 189 Å². The predicted octanol–water partition coefficient (Wildman–Crippen LogP) is 8.54. The molecule has 0 spiro atoms. The molecule has 4 aromatic rings. The summed E-state index contributed by atoms with van der Waals surface area (Å²) in [4.78, 5) is 11.2. The summed E-state index contributed by atoms with van der Waals surface area (Å²) < 4.78 is 5.94. The normalized spacial score (nSPS) is 12.5. The molecule has 0 saturated carbocycles. The van der Waals surface area contributed by atoms with E-state index in [1.165, 1.54) is 0 Å². The molecular formula is C17H11Cl5N2OS2Sn. The standard InChI is InChI=1S/C17H11N2OS2.5ClH.Sn/c1-2-6-12(7-3-1)16-18-15(13-8-4-10-21-13)19-17(20-16)14-9-5-11-22-14;;;;;;/h1-11H;5*1H;/q+1;;;;;;+4/p-5. The molecule has 3 nitrogen and oxygen atoms in total. The molecule has 0 amide bonds. The predicted molar refractivity (Wildman–Crippen MR) is 126 cm³/mol. The molecular weight excluding hydrogens is 608 g/mol. The van der Waals surface area contributed by atoms with Crippen molar-refractivity contribution in [2.45, 2.75) is 0 Å². The molecule has 11 heteroatoms. The molecule has 0 aliphatic rings. The molecule has 0 bridgehead atoms. The molecule has 0 atom stereocenters. The third kappa shape index (κ3) is 7.61. The Kier molecular flexibility index (Phi) is 7.53. The number of aromatic nitrogens is 2. The van der Waals surface area contributed by atoms with Gasteiger partial charge in [-0.15, -0.1) is 32.6 Å². The molecule has 0 unspecified atom stereocenters. The fourth-order valence-corrected chi connectivity index (χ4v) is 3.39. The van der Waals surface area contributed by atoms with E-state index in [1.54, 1.807) is 22.7 Å². The summed E-state index contributed by atoms with van der Waals surface area (Å²) in [5.41, 5.74) is 0.945. The monoisotopic (exact) mass is 618 g/mol. The molecule has 0 N–H and O–H groups in total. The number of nitrogens with zero attached hydrogens (tertiary/aromatic N) is 2. The summed E-state index contributed by atoms with van der Waals surface area (Å²) in [6.07, 6.45) is 0. The quantitative estimate of drug-likeness (QED) is 0.170. The van der Waals surface area contributed by atoms with Gasteiger partial charge in [-0.2, -0.15) is 4.42 Å². The average molecular weight is 619 g/mol. The first-order valence-electron chi connectivity index (χ1n) is 7.70. The minimum absolute atomic E-state index is 0.586. The number of benzene rings is 1. The Morgan fingerprint density at radius 3 is 1.75 bits per heavy atom. The molecule has 4 rings (SSSR count). The van der Waals surface area contributed by atoms with Crippen molar-refractivity contribution in [2.24, 2.45) is 0 Å². The van der Waals surface area contributed by atoms with Gasteiger partial charge in [0.05, 0.1) is 4.88 Å². The number of halogens is 5. The Hall–Kier alpha value is -0.121. The van der Waals surface area contributed by atoms with E-state index in [-0.39, 0.29) is 0 Å². The van der Waals surface area contributed by atoms with Crippen LogP contribution in [0.25, 0.3) is 32.9 Å². The maximum absolute atomic E-state index is 5.94. The molecule has 3 aromatic heterocycles. The van der Waals surface area contributed by atoms with E-state index in [9.17, 15) is 0 Å². The fourth-order valence-electron chi connectivity index (χ4n) is 2.08. The zero-order chi connectivity index (χ0) is 20.2. The first-order valence-corrected chi connectivity index (χ1v) is 27.5. The summed E-state index contributed by atoms with van der Waals surface area (Å²) >= 11 is -1.17. The molecule has 0 aliphatic heterocycles. The van der Waals surface area contributed by atoms with Crippen molar-refractivity contribution in [3.8, 4) is 32.9 Å². The minimum atomic E-state index is -4.40. The van der Waals surface area contributed by atoms with Gasteiger partial charge in [-0.3, -0.25) is 0 Å². The van der Waals surface area contributed by atoms with Crippen LogP contribution < -0.4 is 0 Å². The van der Waals surface area contributed by atoms with Crippen molar-refractivity contribution in [3.05, 3.63) is 65.4 Å². The van der Waals surface area contributed by atoms with E-state index in [1.807, 2.05) is 65.4 Å². The van der Waals surface area contributed by atoms with Crippen molar-refractivity contribution in [2.75, 3.05) is 0 Å². The van der Waals surface area contributed by atoms with Crippen molar-refractivity contribution in [1.29, 1.82) is 0 Å². The summed E-state index contributed by atoms with van der Waals surface area (Å²) in [5, 5.41) is 4.04. The third-order valence-corrected chi connectivity index (χ3v) is 4.83. The van der Waals surface area contributed by atoms with Crippen molar-refractivity contribution < 1.29 is 4.42 Å². The zero-order valence-corrected chi connectivity index (χ0v) is 22.1. The van der Waals surface area contributed by atoms with E-state index in [0.717, 1.165) is 15.3 Å². The van der Waals surface area contributed by atoms with Crippen LogP contribution in [0.2, 0.25) is 0 Å².